The van der Waals surface area contributed by atoms with Gasteiger partial charge in [-0.2, -0.15) is 0 Å². The van der Waals surface area contributed by atoms with Crippen molar-refractivity contribution in [3.05, 3.63) is 24.0 Å². The van der Waals surface area contributed by atoms with Gasteiger partial charge in [0.15, 0.2) is 5.78 Å². The predicted octanol–water partition coefficient (Wildman–Crippen LogP) is 2.46. The first-order valence-electron chi connectivity index (χ1n) is 5.32. The molecule has 3 heteroatoms. The van der Waals surface area contributed by atoms with Crippen molar-refractivity contribution in [2.45, 2.75) is 25.7 Å². The summed E-state index contributed by atoms with van der Waals surface area (Å²) in [5.41, 5.74) is 0.666. The quantitative estimate of drug-likeness (QED) is 0.709. The summed E-state index contributed by atoms with van der Waals surface area (Å²) in [7, 11) is 1.57. The van der Waals surface area contributed by atoms with Gasteiger partial charge in [-0.3, -0.25) is 9.78 Å². The lowest BCUT2D eigenvalue weighted by molar-refractivity contribution is 0.0933. The molecule has 1 aliphatic carbocycles. The highest BCUT2D eigenvalue weighted by atomic mass is 16.5. The van der Waals surface area contributed by atoms with Crippen LogP contribution in [0.1, 0.15) is 36.0 Å². The highest BCUT2D eigenvalue weighted by molar-refractivity contribution is 5.98. The van der Waals surface area contributed by atoms with Gasteiger partial charge in [0.2, 0.25) is 0 Å². The minimum Gasteiger partial charge on any atom is -0.494 e. The average molecular weight is 205 g/mol. The van der Waals surface area contributed by atoms with Crippen molar-refractivity contribution in [3.63, 3.8) is 0 Å². The minimum absolute atomic E-state index is 0.180. The van der Waals surface area contributed by atoms with Gasteiger partial charge in [-0.15, -0.1) is 0 Å². The first-order chi connectivity index (χ1) is 7.31. The Morgan fingerprint density at radius 3 is 3.00 bits per heavy atom. The maximum Gasteiger partial charge on any atom is 0.166 e. The molecule has 1 saturated carbocycles. The van der Waals surface area contributed by atoms with E-state index in [9.17, 15) is 4.79 Å². The van der Waals surface area contributed by atoms with E-state index in [1.807, 2.05) is 0 Å². The molecule has 0 spiro atoms. The monoisotopic (exact) mass is 205 g/mol. The number of carbonyl (C=O) groups excluding carboxylic acids is 1. The van der Waals surface area contributed by atoms with E-state index in [-0.39, 0.29) is 5.78 Å². The lowest BCUT2D eigenvalue weighted by atomic mass is 9.81. The number of pyridine rings is 1. The van der Waals surface area contributed by atoms with E-state index >= 15 is 0 Å². The van der Waals surface area contributed by atoms with Crippen LogP contribution < -0.4 is 4.74 Å². The van der Waals surface area contributed by atoms with E-state index in [1.54, 1.807) is 25.6 Å². The van der Waals surface area contributed by atoms with Crippen molar-refractivity contribution in [2.75, 3.05) is 7.11 Å². The summed E-state index contributed by atoms with van der Waals surface area (Å²) in [6.45, 7) is 0. The van der Waals surface area contributed by atoms with Gasteiger partial charge in [0.05, 0.1) is 18.9 Å². The van der Waals surface area contributed by atoms with Crippen LogP contribution in [0.15, 0.2) is 18.5 Å². The molecule has 0 aliphatic heterocycles. The number of Topliss-reactive ketones (excluding diaryl/α,β-unsaturated/α-hetero) is 1. The normalized spacial score (nSPS) is 15.8. The van der Waals surface area contributed by atoms with Crippen molar-refractivity contribution in [1.29, 1.82) is 0 Å². The van der Waals surface area contributed by atoms with Crippen LogP contribution in [0.3, 0.4) is 0 Å². The van der Waals surface area contributed by atoms with Crippen LogP contribution in [0, 0.1) is 5.92 Å². The van der Waals surface area contributed by atoms with E-state index in [0.29, 0.717) is 23.7 Å². The summed E-state index contributed by atoms with van der Waals surface area (Å²) in [6, 6.07) is 1.74. The third-order valence-electron chi connectivity index (χ3n) is 3.00. The average Bonchev–Trinajstić information content (AvgIpc) is 2.23. The van der Waals surface area contributed by atoms with Gasteiger partial charge in [0.25, 0.3) is 0 Å². The summed E-state index contributed by atoms with van der Waals surface area (Å²) < 4.78 is 5.12. The van der Waals surface area contributed by atoms with Crippen molar-refractivity contribution in [1.82, 2.24) is 4.98 Å². The fourth-order valence-electron chi connectivity index (χ4n) is 1.84. The molecule has 0 radical (unpaired) electrons. The van der Waals surface area contributed by atoms with E-state index < -0.39 is 0 Å². The number of ether oxygens (including phenoxy) is 1. The van der Waals surface area contributed by atoms with Crippen molar-refractivity contribution < 1.29 is 9.53 Å². The van der Waals surface area contributed by atoms with Crippen LogP contribution in [0.5, 0.6) is 5.75 Å². The Balaban J connectivity index is 2.09. The van der Waals surface area contributed by atoms with Crippen LogP contribution in [0.4, 0.5) is 0 Å². The molecule has 3 nitrogen and oxygen atoms in total. The predicted molar refractivity (Wildman–Crippen MR) is 57.1 cm³/mol. The first kappa shape index (κ1) is 10.1. The molecule has 1 aromatic heterocycles. The van der Waals surface area contributed by atoms with Crippen molar-refractivity contribution >= 4 is 5.78 Å². The number of carbonyl (C=O) groups is 1. The molecule has 0 N–H and O–H groups in total. The van der Waals surface area contributed by atoms with Crippen LogP contribution in [0.25, 0.3) is 0 Å². The molecule has 0 bridgehead atoms. The van der Waals surface area contributed by atoms with Crippen LogP contribution in [0.2, 0.25) is 0 Å². The van der Waals surface area contributed by atoms with Gasteiger partial charge < -0.3 is 4.74 Å². The lowest BCUT2D eigenvalue weighted by Crippen LogP contribution is -2.16. The molecule has 1 aliphatic rings. The highest BCUT2D eigenvalue weighted by Crippen LogP contribution is 2.31. The van der Waals surface area contributed by atoms with Crippen molar-refractivity contribution in [2.24, 2.45) is 5.92 Å². The molecule has 1 heterocycles. The smallest absolute Gasteiger partial charge is 0.166 e. The number of ketones is 1. The molecular formula is C12H15NO2. The SMILES string of the molecule is COc1cnccc1C(=O)CC1CCC1. The Labute approximate surface area is 89.5 Å². The van der Waals surface area contributed by atoms with Gasteiger partial charge >= 0.3 is 0 Å². The summed E-state index contributed by atoms with van der Waals surface area (Å²) in [4.78, 5) is 15.9. The number of nitrogens with zero attached hydrogens (tertiary/aromatic N) is 1. The molecular weight excluding hydrogens is 190 g/mol. The molecule has 0 unspecified atom stereocenters. The molecule has 0 aromatic carbocycles. The maximum atomic E-state index is 11.9. The summed E-state index contributed by atoms with van der Waals surface area (Å²) in [6.07, 6.45) is 7.54. The lowest BCUT2D eigenvalue weighted by Gasteiger charge is -2.24. The molecule has 0 atom stereocenters. The van der Waals surface area contributed by atoms with Gasteiger partial charge in [0, 0.05) is 12.6 Å². The van der Waals surface area contributed by atoms with E-state index in [1.165, 1.54) is 19.3 Å². The Kier molecular flexibility index (Phi) is 2.99. The third-order valence-corrected chi connectivity index (χ3v) is 3.00. The first-order valence-corrected chi connectivity index (χ1v) is 5.32. The van der Waals surface area contributed by atoms with Crippen LogP contribution >= 0.6 is 0 Å². The van der Waals surface area contributed by atoms with E-state index in [0.717, 1.165) is 0 Å². The second-order valence-corrected chi connectivity index (χ2v) is 4.00. The van der Waals surface area contributed by atoms with Gasteiger partial charge in [-0.05, 0) is 12.0 Å². The number of rotatable bonds is 4. The topological polar surface area (TPSA) is 39.2 Å². The largest absolute Gasteiger partial charge is 0.494 e. The Bertz CT molecular complexity index is 358. The second kappa shape index (κ2) is 4.43. The Morgan fingerprint density at radius 1 is 1.60 bits per heavy atom. The molecule has 2 rings (SSSR count). The summed E-state index contributed by atoms with van der Waals surface area (Å²) in [5, 5.41) is 0. The molecule has 1 aromatic rings. The summed E-state index contributed by atoms with van der Waals surface area (Å²) >= 11 is 0. The zero-order valence-electron chi connectivity index (χ0n) is 8.90. The second-order valence-electron chi connectivity index (χ2n) is 4.00. The van der Waals surface area contributed by atoms with Gasteiger partial charge in [0.1, 0.15) is 5.75 Å². The Hall–Kier alpha value is -1.38. The number of aromatic nitrogens is 1. The van der Waals surface area contributed by atoms with Crippen molar-refractivity contribution in [3.8, 4) is 5.75 Å². The zero-order valence-corrected chi connectivity index (χ0v) is 8.90. The van der Waals surface area contributed by atoms with Gasteiger partial charge in [-0.25, -0.2) is 0 Å². The minimum atomic E-state index is 0.180. The standard InChI is InChI=1S/C12H15NO2/c1-15-12-8-13-6-5-10(12)11(14)7-9-3-2-4-9/h5-6,8-9H,2-4,7H2,1H3. The molecule has 0 saturated heterocycles. The van der Waals surface area contributed by atoms with E-state index in [4.69, 9.17) is 4.74 Å². The summed E-state index contributed by atoms with van der Waals surface area (Å²) in [5.74, 6) is 1.36. The zero-order chi connectivity index (χ0) is 10.7. The van der Waals surface area contributed by atoms with Crippen LogP contribution in [-0.2, 0) is 0 Å². The molecule has 15 heavy (non-hydrogen) atoms. The fourth-order valence-corrected chi connectivity index (χ4v) is 1.84. The molecule has 1 fully saturated rings. The maximum absolute atomic E-state index is 11.9. The highest BCUT2D eigenvalue weighted by Gasteiger charge is 2.22. The van der Waals surface area contributed by atoms with Crippen LogP contribution in [-0.4, -0.2) is 17.9 Å². The Morgan fingerprint density at radius 2 is 2.40 bits per heavy atom. The van der Waals surface area contributed by atoms with Gasteiger partial charge in [-0.1, -0.05) is 19.3 Å². The number of hydrogen-bond donors (Lipinski definition) is 0. The van der Waals surface area contributed by atoms with E-state index in [2.05, 4.69) is 4.98 Å². The third kappa shape index (κ3) is 2.17. The number of hydrogen-bond acceptors (Lipinski definition) is 3. The fraction of sp³-hybridized carbons (Fsp3) is 0.500. The molecule has 80 valence electrons. The number of methoxy groups -OCH3 is 1. The molecule has 0 amide bonds.